The molecule has 21 heteroatoms. The maximum absolute atomic E-state index is 13.5. The van der Waals surface area contributed by atoms with Crippen molar-refractivity contribution in [1.29, 1.82) is 0 Å². The lowest BCUT2D eigenvalue weighted by Crippen LogP contribution is -2.55. The zero-order valence-electron chi connectivity index (χ0n) is 42.9. The Balaban J connectivity index is 0.770. The highest BCUT2D eigenvalue weighted by molar-refractivity contribution is 6.05. The molecule has 5 heterocycles. The highest BCUT2D eigenvalue weighted by Crippen LogP contribution is 2.43. The van der Waals surface area contributed by atoms with Crippen LogP contribution in [0.2, 0.25) is 0 Å². The third kappa shape index (κ3) is 12.6. The Labute approximate surface area is 436 Å². The van der Waals surface area contributed by atoms with Crippen LogP contribution in [-0.4, -0.2) is 130 Å². The number of nitrogens with two attached hydrogens (primary N) is 2. The molecule has 2 bridgehead atoms. The number of hydrogen-bond donors (Lipinski definition) is 6. The van der Waals surface area contributed by atoms with E-state index in [1.165, 1.54) is 0 Å². The number of anilines is 4. The monoisotopic (exact) mass is 1030 g/mol. The fourth-order valence-corrected chi connectivity index (χ4v) is 10.6. The summed E-state index contributed by atoms with van der Waals surface area (Å²) in [6.07, 6.45) is 8.53. The second-order valence-electron chi connectivity index (χ2n) is 21.4. The number of para-hydroxylation sites is 1. The molecule has 8 N–H and O–H groups in total. The summed E-state index contributed by atoms with van der Waals surface area (Å²) < 4.78 is 24.7. The van der Waals surface area contributed by atoms with Gasteiger partial charge < -0.3 is 66.2 Å². The smallest absolute Gasteiger partial charge is 0.410 e. The van der Waals surface area contributed by atoms with Gasteiger partial charge in [0.25, 0.3) is 0 Å². The molecule has 9 rings (SSSR count). The predicted molar refractivity (Wildman–Crippen MR) is 279 cm³/mol. The van der Waals surface area contributed by atoms with Crippen LogP contribution >= 0.6 is 0 Å². The van der Waals surface area contributed by atoms with Gasteiger partial charge in [-0.05, 0) is 114 Å². The fourth-order valence-electron chi connectivity index (χ4n) is 10.6. The first kappa shape index (κ1) is 52.4. The third-order valence-electron chi connectivity index (χ3n) is 14.9. The number of likely N-dealkylation sites (tertiary alicyclic amines) is 1. The molecule has 2 aromatic heterocycles. The van der Waals surface area contributed by atoms with E-state index < -0.39 is 40.9 Å². The zero-order chi connectivity index (χ0) is 52.9. The lowest BCUT2D eigenvalue weighted by Gasteiger charge is -2.43. The minimum atomic E-state index is -1.55. The highest BCUT2D eigenvalue weighted by Gasteiger charge is 2.52. The van der Waals surface area contributed by atoms with E-state index in [-0.39, 0.29) is 68.9 Å². The van der Waals surface area contributed by atoms with Crippen LogP contribution in [0.15, 0.2) is 72.9 Å². The molecule has 2 saturated carbocycles. The first-order valence-corrected chi connectivity index (χ1v) is 26.1. The van der Waals surface area contributed by atoms with Gasteiger partial charge >= 0.3 is 18.1 Å². The SMILES string of the molecule is CC(C)(C)OC(=O)N1CCC(OC2CC(Oc3cc(N4C5CCC4CN(c4cc(-c6ccccc6OCc6ccc(NC(=O)[C@H](CCCNC(N)=O)NC(=O)C7(C(=O)O)CCC7)cc6)nnc4N)C5)ccn3)C2)CC1. The molecule has 2 aromatic carbocycles. The van der Waals surface area contributed by atoms with E-state index in [2.05, 4.69) is 53.1 Å². The number of nitrogens with one attached hydrogen (secondary N) is 3. The molecule has 3 atom stereocenters. The first-order chi connectivity index (χ1) is 36.0. The average Bonchev–Trinajstić information content (AvgIpc) is 3.62. The number of aliphatic carboxylic acids is 1. The summed E-state index contributed by atoms with van der Waals surface area (Å²) in [5.41, 5.74) is 14.2. The number of nitrogen functional groups attached to an aromatic ring is 1. The number of nitrogens with zero attached hydrogens (tertiary/aromatic N) is 6. The number of carboxylic acids is 1. The molecule has 75 heavy (non-hydrogen) atoms. The van der Waals surface area contributed by atoms with Crippen molar-refractivity contribution < 1.29 is 48.0 Å². The molecule has 3 saturated heterocycles. The van der Waals surface area contributed by atoms with Crippen LogP contribution in [0.3, 0.4) is 0 Å². The van der Waals surface area contributed by atoms with Gasteiger partial charge in [0.05, 0.1) is 23.6 Å². The number of amides is 5. The number of aromatic nitrogens is 3. The Hall–Kier alpha value is -7.42. The molecule has 21 nitrogen and oxygen atoms in total. The Bertz CT molecular complexity index is 2690. The summed E-state index contributed by atoms with van der Waals surface area (Å²) in [5.74, 6) is -0.889. The van der Waals surface area contributed by atoms with Crippen molar-refractivity contribution in [2.75, 3.05) is 53.6 Å². The Kier molecular flexibility index (Phi) is 15.8. The van der Waals surface area contributed by atoms with Crippen molar-refractivity contribution in [2.45, 2.75) is 140 Å². The van der Waals surface area contributed by atoms with Gasteiger partial charge in [-0.25, -0.2) is 14.6 Å². The van der Waals surface area contributed by atoms with E-state index in [0.717, 1.165) is 74.1 Å². The predicted octanol–water partition coefficient (Wildman–Crippen LogP) is 6.01. The molecule has 3 aliphatic heterocycles. The molecule has 4 aromatic rings. The molecule has 2 aliphatic carbocycles. The molecule has 5 fully saturated rings. The van der Waals surface area contributed by atoms with Gasteiger partial charge in [0.15, 0.2) is 5.82 Å². The number of carbonyl (C=O) groups excluding carboxylic acids is 4. The van der Waals surface area contributed by atoms with Crippen molar-refractivity contribution in [3.05, 3.63) is 78.5 Å². The van der Waals surface area contributed by atoms with Crippen molar-refractivity contribution in [1.82, 2.24) is 30.7 Å². The van der Waals surface area contributed by atoms with E-state index in [1.54, 1.807) is 17.0 Å². The maximum atomic E-state index is 13.5. The summed E-state index contributed by atoms with van der Waals surface area (Å²) in [6, 6.07) is 19.5. The highest BCUT2D eigenvalue weighted by atomic mass is 16.6. The quantitative estimate of drug-likeness (QED) is 0.0463. The van der Waals surface area contributed by atoms with E-state index in [1.807, 2.05) is 69.4 Å². The lowest BCUT2D eigenvalue weighted by atomic mass is 9.68. The van der Waals surface area contributed by atoms with E-state index in [9.17, 15) is 29.1 Å². The number of carboxylic acid groups (broad SMARTS) is 1. The van der Waals surface area contributed by atoms with Gasteiger partial charge in [0.1, 0.15) is 35.5 Å². The van der Waals surface area contributed by atoms with Crippen molar-refractivity contribution in [3.8, 4) is 22.9 Å². The van der Waals surface area contributed by atoms with Gasteiger partial charge in [-0.15, -0.1) is 10.2 Å². The van der Waals surface area contributed by atoms with Gasteiger partial charge in [-0.2, -0.15) is 0 Å². The summed E-state index contributed by atoms with van der Waals surface area (Å²) in [5, 5.41) is 26.6. The molecule has 5 aliphatic rings. The van der Waals surface area contributed by atoms with Crippen LogP contribution in [0.4, 0.5) is 32.5 Å². The van der Waals surface area contributed by atoms with Crippen LogP contribution in [0.5, 0.6) is 11.6 Å². The summed E-state index contributed by atoms with van der Waals surface area (Å²) in [7, 11) is 0. The van der Waals surface area contributed by atoms with Crippen molar-refractivity contribution in [3.63, 3.8) is 0 Å². The number of piperidine rings is 1. The fraction of sp³-hybridized carbons (Fsp3) is 0.519. The van der Waals surface area contributed by atoms with E-state index >= 15 is 0 Å². The molecule has 0 radical (unpaired) electrons. The molecular formula is C54H69N11O10. The Morgan fingerprint density at radius 3 is 2.28 bits per heavy atom. The molecule has 2 unspecified atom stereocenters. The summed E-state index contributed by atoms with van der Waals surface area (Å²) in [4.78, 5) is 73.4. The molecule has 5 amide bonds. The van der Waals surface area contributed by atoms with Crippen LogP contribution in [0, 0.1) is 5.41 Å². The van der Waals surface area contributed by atoms with Gasteiger partial charge in [0, 0.05) is 86.9 Å². The zero-order valence-corrected chi connectivity index (χ0v) is 42.9. The number of fused-ring (bicyclic) bond motifs is 2. The topological polar surface area (TPSA) is 279 Å². The minimum Gasteiger partial charge on any atom is -0.488 e. The number of pyridine rings is 1. The number of hydrogen-bond acceptors (Lipinski definition) is 15. The normalized spacial score (nSPS) is 21.5. The van der Waals surface area contributed by atoms with Gasteiger partial charge in [-0.1, -0.05) is 30.7 Å². The largest absolute Gasteiger partial charge is 0.488 e. The number of carbonyl (C=O) groups is 5. The van der Waals surface area contributed by atoms with Crippen LogP contribution < -0.4 is 46.7 Å². The molecular weight excluding hydrogens is 963 g/mol. The average molecular weight is 1030 g/mol. The molecule has 400 valence electrons. The van der Waals surface area contributed by atoms with Gasteiger partial charge in [0.2, 0.25) is 17.7 Å². The van der Waals surface area contributed by atoms with Crippen molar-refractivity contribution >= 4 is 52.8 Å². The van der Waals surface area contributed by atoms with Crippen LogP contribution in [0.1, 0.15) is 97.0 Å². The molecule has 0 spiro atoms. The van der Waals surface area contributed by atoms with E-state index in [4.69, 9.17) is 30.4 Å². The number of urea groups is 1. The second-order valence-corrected chi connectivity index (χ2v) is 21.4. The third-order valence-corrected chi connectivity index (χ3v) is 14.9. The van der Waals surface area contributed by atoms with E-state index in [0.29, 0.717) is 54.8 Å². The number of primary amides is 1. The van der Waals surface area contributed by atoms with Crippen LogP contribution in [-0.2, 0) is 30.5 Å². The minimum absolute atomic E-state index is 0.0308. The first-order valence-electron chi connectivity index (χ1n) is 26.1. The Morgan fingerprint density at radius 1 is 0.893 bits per heavy atom. The van der Waals surface area contributed by atoms with Gasteiger partial charge in [-0.3, -0.25) is 14.4 Å². The summed E-state index contributed by atoms with van der Waals surface area (Å²) in [6.45, 7) is 8.76. The standard InChI is InChI=1S/C54H69N11O10/c1-53(2,3)75-52(71)63-24-18-38(19-25-63)73-39-27-40(28-39)74-46-26-35(17-23-57-46)65-36-15-16-37(65)31-64(30-36)44-29-43(61-62-47(44)55)41-8-4-5-10-45(41)72-32-33-11-13-34(14-12-33)59-48(66)42(9-6-22-58-51(56)70)60-49(67)54(50(68)69)20-7-21-54/h4-5,8,10-14,17,23,26,29,36-40,42H,6-7,9,15-16,18-22,24-25,27-28,30-32H2,1-3H3,(H2,55,62)(H,59,66)(H,60,67)(H,68,69)(H3,56,58,70)/t36?,37?,39?,40?,42-/m0/s1. The Morgan fingerprint density at radius 2 is 1.61 bits per heavy atom. The number of piperazine rings is 1. The summed E-state index contributed by atoms with van der Waals surface area (Å²) >= 11 is 0. The number of rotatable bonds is 19. The van der Waals surface area contributed by atoms with Crippen molar-refractivity contribution in [2.24, 2.45) is 11.1 Å². The number of benzene rings is 2. The maximum Gasteiger partial charge on any atom is 0.410 e. The number of ether oxygens (including phenoxy) is 4. The second kappa shape index (κ2) is 22.6. The van der Waals surface area contributed by atoms with Crippen LogP contribution in [0.25, 0.3) is 11.3 Å². The lowest BCUT2D eigenvalue weighted by molar-refractivity contribution is -0.162.